The van der Waals surface area contributed by atoms with Crippen LogP contribution >= 0.6 is 11.3 Å². The molecule has 1 aromatic heterocycles. The molecule has 0 unspecified atom stereocenters. The third-order valence-corrected chi connectivity index (χ3v) is 4.24. The van der Waals surface area contributed by atoms with E-state index in [-0.39, 0.29) is 5.82 Å². The molecule has 2 aromatic rings. The normalized spacial score (nSPS) is 11.3. The largest absolute Gasteiger partial charge is 0.383 e. The Hall–Kier alpha value is -1.34. The molecule has 2 rings (SSSR count). The van der Waals surface area contributed by atoms with Crippen LogP contribution in [-0.4, -0.2) is 50.3 Å². The van der Waals surface area contributed by atoms with Gasteiger partial charge in [-0.15, -0.1) is 11.3 Å². The zero-order valence-electron chi connectivity index (χ0n) is 13.0. The second kappa shape index (κ2) is 8.95. The Kier molecular flexibility index (Phi) is 6.92. The fourth-order valence-electron chi connectivity index (χ4n) is 1.96. The first-order chi connectivity index (χ1) is 10.7. The second-order valence-corrected chi connectivity index (χ2v) is 5.98. The van der Waals surface area contributed by atoms with Crippen LogP contribution in [0.4, 0.5) is 4.39 Å². The van der Waals surface area contributed by atoms with Gasteiger partial charge in [0.1, 0.15) is 10.8 Å². The van der Waals surface area contributed by atoms with Crippen molar-refractivity contribution in [2.75, 3.05) is 40.4 Å². The van der Waals surface area contributed by atoms with Crippen molar-refractivity contribution in [3.63, 3.8) is 0 Å². The van der Waals surface area contributed by atoms with E-state index in [1.165, 1.54) is 12.1 Å². The standard InChI is InChI=1S/C16H22FN3OS/c1-20(9-10-21-2)8-7-18-11-15-12-22-16(19-15)13-3-5-14(17)6-4-13/h3-6,12,18H,7-11H2,1-2H3. The number of benzene rings is 1. The molecular formula is C16H22FN3OS. The molecule has 0 aliphatic heterocycles. The van der Waals surface area contributed by atoms with Gasteiger partial charge in [-0.3, -0.25) is 0 Å². The maximum atomic E-state index is 12.9. The Morgan fingerprint density at radius 2 is 2.05 bits per heavy atom. The Morgan fingerprint density at radius 3 is 2.77 bits per heavy atom. The van der Waals surface area contributed by atoms with Crippen molar-refractivity contribution in [2.24, 2.45) is 0 Å². The molecule has 6 heteroatoms. The molecular weight excluding hydrogens is 301 g/mol. The molecule has 1 N–H and O–H groups in total. The molecule has 0 amide bonds. The van der Waals surface area contributed by atoms with Crippen LogP contribution in [0, 0.1) is 5.82 Å². The summed E-state index contributed by atoms with van der Waals surface area (Å²) in [6, 6.07) is 6.45. The van der Waals surface area contributed by atoms with Crippen LogP contribution in [0.2, 0.25) is 0 Å². The average Bonchev–Trinajstić information content (AvgIpc) is 2.99. The van der Waals surface area contributed by atoms with E-state index in [0.29, 0.717) is 0 Å². The summed E-state index contributed by atoms with van der Waals surface area (Å²) in [5, 5.41) is 6.35. The predicted molar refractivity (Wildman–Crippen MR) is 88.6 cm³/mol. The molecule has 0 saturated carbocycles. The number of rotatable bonds is 9. The first-order valence-electron chi connectivity index (χ1n) is 7.27. The van der Waals surface area contributed by atoms with Gasteiger partial charge >= 0.3 is 0 Å². The van der Waals surface area contributed by atoms with E-state index in [4.69, 9.17) is 4.74 Å². The van der Waals surface area contributed by atoms with Crippen molar-refractivity contribution in [2.45, 2.75) is 6.54 Å². The molecule has 1 aromatic carbocycles. The maximum absolute atomic E-state index is 12.9. The Bertz CT molecular complexity index is 559. The topological polar surface area (TPSA) is 37.4 Å². The lowest BCUT2D eigenvalue weighted by molar-refractivity contribution is 0.161. The molecule has 0 aliphatic rings. The number of ether oxygens (including phenoxy) is 1. The molecule has 0 fully saturated rings. The molecule has 0 spiro atoms. The lowest BCUT2D eigenvalue weighted by Gasteiger charge is -2.15. The van der Waals surface area contributed by atoms with Gasteiger partial charge < -0.3 is 15.0 Å². The second-order valence-electron chi connectivity index (χ2n) is 5.12. The van der Waals surface area contributed by atoms with E-state index in [1.54, 1.807) is 30.6 Å². The van der Waals surface area contributed by atoms with Gasteiger partial charge in [-0.05, 0) is 31.3 Å². The van der Waals surface area contributed by atoms with Crippen LogP contribution in [0.1, 0.15) is 5.69 Å². The smallest absolute Gasteiger partial charge is 0.123 e. The first kappa shape index (κ1) is 17.0. The van der Waals surface area contributed by atoms with E-state index in [0.717, 1.165) is 49.1 Å². The Balaban J connectivity index is 1.74. The summed E-state index contributed by atoms with van der Waals surface area (Å²) in [7, 11) is 3.79. The van der Waals surface area contributed by atoms with Gasteiger partial charge in [0.25, 0.3) is 0 Å². The van der Waals surface area contributed by atoms with Crippen LogP contribution < -0.4 is 5.32 Å². The highest BCUT2D eigenvalue weighted by atomic mass is 32.1. The van der Waals surface area contributed by atoms with Crippen molar-refractivity contribution < 1.29 is 9.13 Å². The zero-order chi connectivity index (χ0) is 15.8. The highest BCUT2D eigenvalue weighted by Gasteiger charge is 2.05. The number of thiazole rings is 1. The summed E-state index contributed by atoms with van der Waals surface area (Å²) in [5.41, 5.74) is 1.97. The minimum atomic E-state index is -0.222. The highest BCUT2D eigenvalue weighted by Crippen LogP contribution is 2.23. The van der Waals surface area contributed by atoms with Crippen molar-refractivity contribution in [1.29, 1.82) is 0 Å². The molecule has 22 heavy (non-hydrogen) atoms. The number of likely N-dealkylation sites (N-methyl/N-ethyl adjacent to an activating group) is 1. The number of nitrogens with zero attached hydrogens (tertiary/aromatic N) is 2. The minimum absolute atomic E-state index is 0.222. The van der Waals surface area contributed by atoms with Crippen molar-refractivity contribution >= 4 is 11.3 Å². The van der Waals surface area contributed by atoms with E-state index in [2.05, 4.69) is 22.2 Å². The van der Waals surface area contributed by atoms with Crippen molar-refractivity contribution in [1.82, 2.24) is 15.2 Å². The maximum Gasteiger partial charge on any atom is 0.123 e. The fourth-order valence-corrected chi connectivity index (χ4v) is 2.78. The van der Waals surface area contributed by atoms with Crippen LogP contribution in [0.25, 0.3) is 10.6 Å². The number of hydrogen-bond acceptors (Lipinski definition) is 5. The molecule has 0 saturated heterocycles. The number of nitrogens with one attached hydrogen (secondary N) is 1. The summed E-state index contributed by atoms with van der Waals surface area (Å²) < 4.78 is 18.0. The van der Waals surface area contributed by atoms with Crippen LogP contribution in [0.5, 0.6) is 0 Å². The van der Waals surface area contributed by atoms with Gasteiger partial charge in [-0.1, -0.05) is 0 Å². The number of methoxy groups -OCH3 is 1. The Morgan fingerprint density at radius 1 is 1.27 bits per heavy atom. The molecule has 4 nitrogen and oxygen atoms in total. The van der Waals surface area contributed by atoms with Crippen LogP contribution in [0.3, 0.4) is 0 Å². The summed E-state index contributed by atoms with van der Waals surface area (Å²) in [5.74, 6) is -0.222. The van der Waals surface area contributed by atoms with Gasteiger partial charge in [0, 0.05) is 44.2 Å². The monoisotopic (exact) mass is 323 g/mol. The lowest BCUT2D eigenvalue weighted by atomic mass is 10.2. The average molecular weight is 323 g/mol. The van der Waals surface area contributed by atoms with Crippen LogP contribution in [0.15, 0.2) is 29.6 Å². The quantitative estimate of drug-likeness (QED) is 0.720. The van der Waals surface area contributed by atoms with Gasteiger partial charge in [-0.2, -0.15) is 0 Å². The fraction of sp³-hybridized carbons (Fsp3) is 0.438. The Labute approximate surface area is 134 Å². The van der Waals surface area contributed by atoms with E-state index < -0.39 is 0 Å². The zero-order valence-corrected chi connectivity index (χ0v) is 13.8. The van der Waals surface area contributed by atoms with Gasteiger partial charge in [0.15, 0.2) is 0 Å². The van der Waals surface area contributed by atoms with Crippen molar-refractivity contribution in [3.05, 3.63) is 41.2 Å². The summed E-state index contributed by atoms with van der Waals surface area (Å²) in [4.78, 5) is 6.80. The highest BCUT2D eigenvalue weighted by molar-refractivity contribution is 7.13. The number of aromatic nitrogens is 1. The molecule has 0 aliphatic carbocycles. The third-order valence-electron chi connectivity index (χ3n) is 3.30. The van der Waals surface area contributed by atoms with Gasteiger partial charge in [0.2, 0.25) is 0 Å². The lowest BCUT2D eigenvalue weighted by Crippen LogP contribution is -2.31. The first-order valence-corrected chi connectivity index (χ1v) is 8.15. The molecule has 0 atom stereocenters. The summed E-state index contributed by atoms with van der Waals surface area (Å²) in [6.07, 6.45) is 0. The molecule has 120 valence electrons. The molecule has 1 heterocycles. The molecule has 0 bridgehead atoms. The van der Waals surface area contributed by atoms with Gasteiger partial charge in [-0.25, -0.2) is 9.37 Å². The van der Waals surface area contributed by atoms with E-state index in [9.17, 15) is 4.39 Å². The molecule has 0 radical (unpaired) electrons. The third kappa shape index (κ3) is 5.46. The SMILES string of the molecule is COCCN(C)CCNCc1csc(-c2ccc(F)cc2)n1. The number of halogens is 1. The van der Waals surface area contributed by atoms with E-state index in [1.807, 2.05) is 5.38 Å². The summed E-state index contributed by atoms with van der Waals surface area (Å²) in [6.45, 7) is 4.31. The van der Waals surface area contributed by atoms with Crippen molar-refractivity contribution in [3.8, 4) is 10.6 Å². The summed E-state index contributed by atoms with van der Waals surface area (Å²) >= 11 is 1.58. The number of hydrogen-bond donors (Lipinski definition) is 1. The predicted octanol–water partition coefficient (Wildman–Crippen LogP) is 2.62. The van der Waals surface area contributed by atoms with E-state index >= 15 is 0 Å². The minimum Gasteiger partial charge on any atom is -0.383 e. The van der Waals surface area contributed by atoms with Crippen LogP contribution in [-0.2, 0) is 11.3 Å². The van der Waals surface area contributed by atoms with Gasteiger partial charge in [0.05, 0.1) is 12.3 Å².